The minimum absolute atomic E-state index is 0.0872. The molecule has 0 unspecified atom stereocenters. The predicted molar refractivity (Wildman–Crippen MR) is 134 cm³/mol. The lowest BCUT2D eigenvalue weighted by Gasteiger charge is -2.32. The lowest BCUT2D eigenvalue weighted by atomic mass is 10.1. The number of anilines is 2. The summed E-state index contributed by atoms with van der Waals surface area (Å²) in [7, 11) is 1.39. The van der Waals surface area contributed by atoms with Gasteiger partial charge in [0, 0.05) is 37.0 Å². The molecule has 0 radical (unpaired) electrons. The number of hydrogen-bond acceptors (Lipinski definition) is 7. The summed E-state index contributed by atoms with van der Waals surface area (Å²) in [6.07, 6.45) is 6.33. The van der Waals surface area contributed by atoms with Gasteiger partial charge in [-0.05, 0) is 60.9 Å². The van der Waals surface area contributed by atoms with Crippen molar-refractivity contribution in [1.29, 1.82) is 0 Å². The first kappa shape index (κ1) is 22.1. The number of carbonyl (C=O) groups is 1. The van der Waals surface area contributed by atoms with Crippen LogP contribution < -0.4 is 9.80 Å². The Morgan fingerprint density at radius 3 is 1.91 bits per heavy atom. The van der Waals surface area contributed by atoms with Gasteiger partial charge >= 0.3 is 5.97 Å². The number of methoxy groups -OCH3 is 1. The number of aliphatic hydroxyl groups excluding tert-OH is 1. The number of carbonyl (C=O) groups excluding carboxylic acids is 1. The minimum Gasteiger partial charge on any atom is -0.465 e. The van der Waals surface area contributed by atoms with Crippen LogP contribution in [0, 0.1) is 0 Å². The van der Waals surface area contributed by atoms with Crippen molar-refractivity contribution in [3.8, 4) is 0 Å². The Labute approximate surface area is 198 Å². The van der Waals surface area contributed by atoms with Crippen LogP contribution >= 0.6 is 0 Å². The standard InChI is InChI=1S/C14H14N2O2.C13H14N2O/c1-18-14(17)10-3-4-13-11(7-10)8-12(9-15-13)16-5-2-6-16;16-9-10-2-3-13-11(6-10)7-12(8-14-13)15-4-1-5-15/h3-4,7-9H,2,5-6H2,1H3;2-3,6-8,16H,1,4-5,9H2. The molecule has 2 aromatic carbocycles. The van der Waals surface area contributed by atoms with Gasteiger partial charge in [-0.2, -0.15) is 0 Å². The number of hydrogen-bond donors (Lipinski definition) is 1. The Hall–Kier alpha value is -3.71. The van der Waals surface area contributed by atoms with Crippen molar-refractivity contribution in [3.05, 3.63) is 72.1 Å². The minimum atomic E-state index is -0.314. The van der Waals surface area contributed by atoms with Gasteiger partial charge in [-0.15, -0.1) is 0 Å². The second kappa shape index (κ2) is 9.65. The van der Waals surface area contributed by atoms with Gasteiger partial charge in [-0.25, -0.2) is 4.79 Å². The van der Waals surface area contributed by atoms with Gasteiger partial charge in [-0.3, -0.25) is 9.97 Å². The smallest absolute Gasteiger partial charge is 0.337 e. The highest BCUT2D eigenvalue weighted by Crippen LogP contribution is 2.25. The average Bonchev–Trinajstić information content (AvgIpc) is 2.81. The normalized spacial score (nSPS) is 14.8. The van der Waals surface area contributed by atoms with Crippen molar-refractivity contribution in [2.75, 3.05) is 43.1 Å². The Kier molecular flexibility index (Phi) is 6.27. The maximum atomic E-state index is 11.5. The van der Waals surface area contributed by atoms with Crippen molar-refractivity contribution in [1.82, 2.24) is 9.97 Å². The van der Waals surface area contributed by atoms with E-state index in [0.29, 0.717) is 5.56 Å². The van der Waals surface area contributed by atoms with Crippen LogP contribution in [0.4, 0.5) is 11.4 Å². The zero-order valence-electron chi connectivity index (χ0n) is 19.3. The molecule has 0 saturated carbocycles. The second-order valence-electron chi connectivity index (χ2n) is 8.65. The Balaban J connectivity index is 0.000000142. The number of fused-ring (bicyclic) bond motifs is 2. The monoisotopic (exact) mass is 456 g/mol. The SMILES string of the molecule is COC(=O)c1ccc2ncc(N3CCC3)cc2c1.OCc1ccc2ncc(N3CCC3)cc2c1. The molecule has 4 aromatic rings. The molecule has 0 bridgehead atoms. The highest BCUT2D eigenvalue weighted by Gasteiger charge is 2.16. The van der Waals surface area contributed by atoms with Crippen molar-refractivity contribution in [2.24, 2.45) is 0 Å². The summed E-state index contributed by atoms with van der Waals surface area (Å²) < 4.78 is 4.73. The summed E-state index contributed by atoms with van der Waals surface area (Å²) in [5.41, 5.74) is 5.70. The molecule has 4 heterocycles. The van der Waals surface area contributed by atoms with Crippen LogP contribution in [0.2, 0.25) is 0 Å². The molecule has 2 aliphatic heterocycles. The third-order valence-electron chi connectivity index (χ3n) is 6.44. The quantitative estimate of drug-likeness (QED) is 0.462. The largest absolute Gasteiger partial charge is 0.465 e. The van der Waals surface area contributed by atoms with E-state index < -0.39 is 0 Å². The summed E-state index contributed by atoms with van der Waals surface area (Å²) in [5, 5.41) is 11.2. The number of aliphatic hydroxyl groups is 1. The Morgan fingerprint density at radius 2 is 1.41 bits per heavy atom. The van der Waals surface area contributed by atoms with Crippen molar-refractivity contribution >= 4 is 39.1 Å². The molecule has 174 valence electrons. The van der Waals surface area contributed by atoms with E-state index in [1.807, 2.05) is 42.7 Å². The highest BCUT2D eigenvalue weighted by molar-refractivity contribution is 5.95. The molecule has 0 atom stereocenters. The molecule has 2 aliphatic rings. The van der Waals surface area contributed by atoms with Crippen molar-refractivity contribution < 1.29 is 14.6 Å². The fraction of sp³-hybridized carbons (Fsp3) is 0.296. The molecule has 1 N–H and O–H groups in total. The van der Waals surface area contributed by atoms with E-state index >= 15 is 0 Å². The van der Waals surface area contributed by atoms with Gasteiger partial charge in [0.1, 0.15) is 0 Å². The molecule has 6 rings (SSSR count). The zero-order chi connectivity index (χ0) is 23.5. The first-order chi connectivity index (χ1) is 16.6. The van der Waals surface area contributed by atoms with E-state index in [9.17, 15) is 4.79 Å². The first-order valence-corrected chi connectivity index (χ1v) is 11.6. The van der Waals surface area contributed by atoms with Crippen LogP contribution in [-0.4, -0.2) is 54.3 Å². The predicted octanol–water partition coefficient (Wildman–Crippen LogP) is 4.17. The molecular weight excluding hydrogens is 428 g/mol. The number of aromatic nitrogens is 2. The van der Waals surface area contributed by atoms with E-state index in [-0.39, 0.29) is 12.6 Å². The van der Waals surface area contributed by atoms with Gasteiger partial charge in [0.2, 0.25) is 0 Å². The summed E-state index contributed by atoms with van der Waals surface area (Å²) >= 11 is 0. The third-order valence-corrected chi connectivity index (χ3v) is 6.44. The van der Waals surface area contributed by atoms with Crippen LogP contribution in [0.1, 0.15) is 28.8 Å². The van der Waals surface area contributed by atoms with Gasteiger partial charge < -0.3 is 19.6 Å². The van der Waals surface area contributed by atoms with Gasteiger partial charge in [0.05, 0.1) is 54.1 Å². The van der Waals surface area contributed by atoms with Crippen LogP contribution in [-0.2, 0) is 11.3 Å². The van der Waals surface area contributed by atoms with E-state index in [4.69, 9.17) is 9.84 Å². The van der Waals surface area contributed by atoms with Crippen LogP contribution in [0.25, 0.3) is 21.8 Å². The number of pyridine rings is 2. The molecule has 7 heteroatoms. The number of nitrogens with zero attached hydrogens (tertiary/aromatic N) is 4. The van der Waals surface area contributed by atoms with E-state index in [1.54, 1.807) is 6.07 Å². The molecule has 2 aromatic heterocycles. The first-order valence-electron chi connectivity index (χ1n) is 11.6. The van der Waals surface area contributed by atoms with Gasteiger partial charge in [0.25, 0.3) is 0 Å². The number of benzene rings is 2. The summed E-state index contributed by atoms with van der Waals surface area (Å²) in [6.45, 7) is 4.53. The molecule has 2 fully saturated rings. The maximum Gasteiger partial charge on any atom is 0.337 e. The Bertz CT molecular complexity index is 1330. The fourth-order valence-electron chi connectivity index (χ4n) is 4.13. The van der Waals surface area contributed by atoms with Crippen LogP contribution in [0.15, 0.2) is 60.9 Å². The van der Waals surface area contributed by atoms with E-state index in [1.165, 1.54) is 25.6 Å². The summed E-state index contributed by atoms with van der Waals surface area (Å²) in [6, 6.07) is 15.5. The summed E-state index contributed by atoms with van der Waals surface area (Å²) in [4.78, 5) is 24.9. The zero-order valence-corrected chi connectivity index (χ0v) is 19.3. The van der Waals surface area contributed by atoms with E-state index in [0.717, 1.165) is 59.2 Å². The van der Waals surface area contributed by atoms with Gasteiger partial charge in [0.15, 0.2) is 0 Å². The average molecular weight is 457 g/mol. The molecule has 34 heavy (non-hydrogen) atoms. The van der Waals surface area contributed by atoms with E-state index in [2.05, 4.69) is 31.9 Å². The van der Waals surface area contributed by atoms with Crippen molar-refractivity contribution in [2.45, 2.75) is 19.4 Å². The fourth-order valence-corrected chi connectivity index (χ4v) is 4.13. The molecule has 2 saturated heterocycles. The third kappa shape index (κ3) is 4.52. The van der Waals surface area contributed by atoms with Crippen LogP contribution in [0.3, 0.4) is 0 Å². The number of rotatable bonds is 4. The molecule has 7 nitrogen and oxygen atoms in total. The van der Waals surface area contributed by atoms with Crippen molar-refractivity contribution in [3.63, 3.8) is 0 Å². The molecule has 0 spiro atoms. The lowest BCUT2D eigenvalue weighted by molar-refractivity contribution is 0.0601. The molecule has 0 amide bonds. The van der Waals surface area contributed by atoms with Crippen LogP contribution in [0.5, 0.6) is 0 Å². The van der Waals surface area contributed by atoms with Gasteiger partial charge in [-0.1, -0.05) is 6.07 Å². The molecule has 0 aliphatic carbocycles. The number of ether oxygens (including phenoxy) is 1. The number of esters is 1. The second-order valence-corrected chi connectivity index (χ2v) is 8.65. The topological polar surface area (TPSA) is 78.8 Å². The highest BCUT2D eigenvalue weighted by atomic mass is 16.5. The Morgan fingerprint density at radius 1 is 0.853 bits per heavy atom. The maximum absolute atomic E-state index is 11.5. The lowest BCUT2D eigenvalue weighted by Crippen LogP contribution is -2.36. The summed E-state index contributed by atoms with van der Waals surface area (Å²) in [5.74, 6) is -0.314. The molecular formula is C27H28N4O3.